The van der Waals surface area contributed by atoms with E-state index in [1.807, 2.05) is 17.0 Å². The molecule has 0 bridgehead atoms. The van der Waals surface area contributed by atoms with Crippen LogP contribution in [0.25, 0.3) is 0 Å². The fourth-order valence-corrected chi connectivity index (χ4v) is 4.55. The molecule has 27 heavy (non-hydrogen) atoms. The maximum absolute atomic E-state index is 12.5. The van der Waals surface area contributed by atoms with Crippen molar-refractivity contribution in [3.63, 3.8) is 0 Å². The van der Waals surface area contributed by atoms with Crippen LogP contribution in [0, 0.1) is 12.3 Å². The lowest BCUT2D eigenvalue weighted by atomic mass is 9.73. The zero-order valence-electron chi connectivity index (χ0n) is 17.0. The average Bonchev–Trinajstić information content (AvgIpc) is 2.63. The van der Waals surface area contributed by atoms with Crippen LogP contribution < -0.4 is 5.32 Å². The number of nitrogens with one attached hydrogen (secondary N) is 1. The number of carbonyl (C=O) groups is 2. The molecular weight excluding hydrogens is 338 g/mol. The molecule has 2 fully saturated rings. The molecule has 1 unspecified atom stereocenters. The van der Waals surface area contributed by atoms with Gasteiger partial charge in [-0.25, -0.2) is 0 Å². The van der Waals surface area contributed by atoms with Crippen LogP contribution >= 0.6 is 0 Å². The van der Waals surface area contributed by atoms with Crippen molar-refractivity contribution in [2.24, 2.45) is 5.41 Å². The van der Waals surface area contributed by atoms with Crippen LogP contribution in [0.3, 0.4) is 0 Å². The van der Waals surface area contributed by atoms with E-state index in [9.17, 15) is 9.59 Å². The summed E-state index contributed by atoms with van der Waals surface area (Å²) in [6.45, 7) is 10.0. The van der Waals surface area contributed by atoms with Crippen molar-refractivity contribution in [3.8, 4) is 0 Å². The van der Waals surface area contributed by atoms with Crippen molar-refractivity contribution in [2.75, 3.05) is 26.2 Å². The lowest BCUT2D eigenvalue weighted by molar-refractivity contribution is -0.142. The van der Waals surface area contributed by atoms with E-state index in [4.69, 9.17) is 0 Å². The summed E-state index contributed by atoms with van der Waals surface area (Å²) >= 11 is 0. The Bertz CT molecular complexity index is 688. The second kappa shape index (κ2) is 8.42. The van der Waals surface area contributed by atoms with Crippen LogP contribution in [0.1, 0.15) is 50.7 Å². The summed E-state index contributed by atoms with van der Waals surface area (Å²) in [5.74, 6) is 0.367. The van der Waals surface area contributed by atoms with Crippen LogP contribution in [0.2, 0.25) is 0 Å². The fourth-order valence-electron chi connectivity index (χ4n) is 4.55. The number of amides is 2. The Morgan fingerprint density at radius 3 is 2.74 bits per heavy atom. The van der Waals surface area contributed by atoms with Crippen molar-refractivity contribution in [1.82, 2.24) is 15.1 Å². The summed E-state index contributed by atoms with van der Waals surface area (Å²) in [5, 5.41) is 3.07. The van der Waals surface area contributed by atoms with Gasteiger partial charge >= 0.3 is 0 Å². The summed E-state index contributed by atoms with van der Waals surface area (Å²) in [6, 6.07) is 8.41. The Balaban J connectivity index is 1.54. The van der Waals surface area contributed by atoms with E-state index in [1.54, 1.807) is 0 Å². The summed E-state index contributed by atoms with van der Waals surface area (Å²) in [7, 11) is 0. The molecule has 2 saturated heterocycles. The first-order chi connectivity index (χ1) is 12.9. The van der Waals surface area contributed by atoms with Gasteiger partial charge in [-0.05, 0) is 57.7 Å². The van der Waals surface area contributed by atoms with E-state index < -0.39 is 0 Å². The van der Waals surface area contributed by atoms with Crippen molar-refractivity contribution in [1.29, 1.82) is 0 Å². The minimum absolute atomic E-state index is 0.0860. The predicted octanol–water partition coefficient (Wildman–Crippen LogP) is 2.72. The molecule has 1 atom stereocenters. The van der Waals surface area contributed by atoms with Crippen molar-refractivity contribution < 1.29 is 9.59 Å². The third-order valence-corrected chi connectivity index (χ3v) is 6.16. The van der Waals surface area contributed by atoms with Gasteiger partial charge in [-0.2, -0.15) is 0 Å². The first-order valence-corrected chi connectivity index (χ1v) is 10.2. The molecule has 0 aliphatic carbocycles. The highest BCUT2D eigenvalue weighted by Gasteiger charge is 2.42. The second-order valence-electron chi connectivity index (χ2n) is 8.63. The van der Waals surface area contributed by atoms with Gasteiger partial charge in [0.25, 0.3) is 0 Å². The molecule has 2 amide bonds. The van der Waals surface area contributed by atoms with Crippen molar-refractivity contribution in [2.45, 2.75) is 59.0 Å². The number of likely N-dealkylation sites (tertiary alicyclic amines) is 2. The van der Waals surface area contributed by atoms with Gasteiger partial charge in [0.05, 0.1) is 6.54 Å². The molecule has 0 saturated carbocycles. The van der Waals surface area contributed by atoms with E-state index in [0.717, 1.165) is 38.9 Å². The Labute approximate surface area is 163 Å². The molecule has 5 nitrogen and oxygen atoms in total. The molecular formula is C22H33N3O2. The molecule has 1 aromatic carbocycles. The molecule has 3 rings (SSSR count). The highest BCUT2D eigenvalue weighted by atomic mass is 16.2. The van der Waals surface area contributed by atoms with E-state index in [1.165, 1.54) is 11.1 Å². The molecule has 0 radical (unpaired) electrons. The first-order valence-electron chi connectivity index (χ1n) is 10.2. The molecule has 2 heterocycles. The van der Waals surface area contributed by atoms with E-state index >= 15 is 0 Å². The van der Waals surface area contributed by atoms with Crippen LogP contribution in [-0.4, -0.2) is 53.8 Å². The van der Waals surface area contributed by atoms with E-state index in [0.29, 0.717) is 19.5 Å². The Hall–Kier alpha value is -1.88. The summed E-state index contributed by atoms with van der Waals surface area (Å²) in [4.78, 5) is 29.0. The third kappa shape index (κ3) is 4.89. The monoisotopic (exact) mass is 371 g/mol. The smallest absolute Gasteiger partial charge is 0.234 e. The van der Waals surface area contributed by atoms with Gasteiger partial charge < -0.3 is 10.2 Å². The van der Waals surface area contributed by atoms with Gasteiger partial charge in [-0.15, -0.1) is 0 Å². The third-order valence-electron chi connectivity index (χ3n) is 6.16. The zero-order chi connectivity index (χ0) is 19.4. The number of rotatable bonds is 5. The maximum Gasteiger partial charge on any atom is 0.234 e. The van der Waals surface area contributed by atoms with Crippen LogP contribution in [0.5, 0.6) is 0 Å². The molecule has 2 aliphatic rings. The molecule has 0 aromatic heterocycles. The standard InChI is InChI=1S/C22H33N3O2/c1-17(2)25-16-22(11-9-21(25)27)10-6-12-24(15-22)14-20(26)23-13-19-8-5-4-7-18(19)3/h4-5,7-8,17H,6,9-16H2,1-3H3,(H,23,26). The highest BCUT2D eigenvalue weighted by Crippen LogP contribution is 2.39. The molecule has 1 N–H and O–H groups in total. The highest BCUT2D eigenvalue weighted by molar-refractivity contribution is 5.78. The molecule has 1 spiro atoms. The van der Waals surface area contributed by atoms with Gasteiger partial charge in [0.15, 0.2) is 0 Å². The number of carbonyl (C=O) groups excluding carboxylic acids is 2. The van der Waals surface area contributed by atoms with Gasteiger partial charge in [0, 0.05) is 37.5 Å². The summed E-state index contributed by atoms with van der Waals surface area (Å²) in [5.41, 5.74) is 2.53. The minimum Gasteiger partial charge on any atom is -0.351 e. The fraction of sp³-hybridized carbons (Fsp3) is 0.636. The topological polar surface area (TPSA) is 52.7 Å². The number of hydrogen-bond acceptors (Lipinski definition) is 3. The second-order valence-corrected chi connectivity index (χ2v) is 8.63. The molecule has 1 aromatic rings. The first kappa shape index (κ1) is 19.9. The van der Waals surface area contributed by atoms with Crippen LogP contribution in [0.15, 0.2) is 24.3 Å². The maximum atomic E-state index is 12.5. The quantitative estimate of drug-likeness (QED) is 0.866. The minimum atomic E-state index is 0.0860. The Morgan fingerprint density at radius 2 is 2.00 bits per heavy atom. The molecule has 5 heteroatoms. The van der Waals surface area contributed by atoms with Gasteiger partial charge in [-0.1, -0.05) is 24.3 Å². The largest absolute Gasteiger partial charge is 0.351 e. The number of nitrogens with zero attached hydrogens (tertiary/aromatic N) is 2. The zero-order valence-corrected chi connectivity index (χ0v) is 17.0. The number of aryl methyl sites for hydroxylation is 1. The van der Waals surface area contributed by atoms with Crippen LogP contribution in [0.4, 0.5) is 0 Å². The summed E-state index contributed by atoms with van der Waals surface area (Å²) < 4.78 is 0. The average molecular weight is 372 g/mol. The van der Waals surface area contributed by atoms with Gasteiger partial charge in [-0.3, -0.25) is 14.5 Å². The normalized spacial score (nSPS) is 23.9. The van der Waals surface area contributed by atoms with Crippen molar-refractivity contribution >= 4 is 11.8 Å². The predicted molar refractivity (Wildman–Crippen MR) is 107 cm³/mol. The lowest BCUT2D eigenvalue weighted by Crippen LogP contribution is -2.56. The van der Waals surface area contributed by atoms with Gasteiger partial charge in [0.2, 0.25) is 11.8 Å². The number of piperidine rings is 2. The number of benzene rings is 1. The Kier molecular flexibility index (Phi) is 6.20. The number of hydrogen-bond donors (Lipinski definition) is 1. The van der Waals surface area contributed by atoms with Crippen molar-refractivity contribution in [3.05, 3.63) is 35.4 Å². The SMILES string of the molecule is Cc1ccccc1CNC(=O)CN1CCCC2(CCC(=O)N(C(C)C)C2)C1. The molecule has 2 aliphatic heterocycles. The Morgan fingerprint density at radius 1 is 1.22 bits per heavy atom. The van der Waals surface area contributed by atoms with E-state index in [-0.39, 0.29) is 23.3 Å². The summed E-state index contributed by atoms with van der Waals surface area (Å²) in [6.07, 6.45) is 3.86. The van der Waals surface area contributed by atoms with E-state index in [2.05, 4.69) is 43.1 Å². The van der Waals surface area contributed by atoms with Crippen LogP contribution in [-0.2, 0) is 16.1 Å². The van der Waals surface area contributed by atoms with Gasteiger partial charge in [0.1, 0.15) is 0 Å². The lowest BCUT2D eigenvalue weighted by Gasteiger charge is -2.49. The molecule has 148 valence electrons.